The Balaban J connectivity index is 1.75. The molecule has 1 N–H and O–H groups in total. The average molecular weight is 484 g/mol. The number of carbonyl (C=O) groups is 2. The highest BCUT2D eigenvalue weighted by Crippen LogP contribution is 2.40. The van der Waals surface area contributed by atoms with Crippen molar-refractivity contribution in [2.75, 3.05) is 19.8 Å². The van der Waals surface area contributed by atoms with Crippen molar-refractivity contribution >= 4 is 29.1 Å². The molecule has 2 aliphatic rings. The Hall–Kier alpha value is -2.83. The maximum atomic E-state index is 13.2. The van der Waals surface area contributed by atoms with Gasteiger partial charge in [0, 0.05) is 23.7 Å². The fraction of sp³-hybridized carbons (Fsp3) is 0.407. The summed E-state index contributed by atoms with van der Waals surface area (Å²) in [4.78, 5) is 27.8. The molecule has 0 spiro atoms. The van der Waals surface area contributed by atoms with Gasteiger partial charge in [0.2, 0.25) is 0 Å². The second-order valence-electron chi connectivity index (χ2n) is 9.32. The standard InChI is InChI=1S/C27H30ClNO5/c1-16(2)15-34-22-11-8-19(13-17(22)3)25(30)23-24(18-6-9-20(28)10-7-18)29(27(32)26(23)31)14-21-5-4-12-33-21/h6-11,13,16,21,24,30H,4-5,12,14-15H2,1-3H3/b25-23-. The summed E-state index contributed by atoms with van der Waals surface area (Å²) in [5.41, 5.74) is 2.07. The lowest BCUT2D eigenvalue weighted by Gasteiger charge is -2.27. The van der Waals surface area contributed by atoms with Gasteiger partial charge in [0.25, 0.3) is 11.7 Å². The number of amides is 1. The van der Waals surface area contributed by atoms with Crippen LogP contribution in [0.5, 0.6) is 5.75 Å². The van der Waals surface area contributed by atoms with Gasteiger partial charge >= 0.3 is 0 Å². The molecule has 0 aliphatic carbocycles. The topological polar surface area (TPSA) is 76.1 Å². The molecule has 6 nitrogen and oxygen atoms in total. The number of aliphatic hydroxyl groups is 1. The van der Waals surface area contributed by atoms with Gasteiger partial charge in [0.15, 0.2) is 0 Å². The van der Waals surface area contributed by atoms with Crippen molar-refractivity contribution in [3.05, 3.63) is 69.8 Å². The first-order chi connectivity index (χ1) is 16.3. The lowest BCUT2D eigenvalue weighted by Crippen LogP contribution is -2.36. The van der Waals surface area contributed by atoms with Gasteiger partial charge in [-0.3, -0.25) is 9.59 Å². The van der Waals surface area contributed by atoms with E-state index in [4.69, 9.17) is 21.1 Å². The number of aliphatic hydroxyl groups excluding tert-OH is 1. The summed E-state index contributed by atoms with van der Waals surface area (Å²) in [6.45, 7) is 7.54. The lowest BCUT2D eigenvalue weighted by atomic mass is 9.94. The van der Waals surface area contributed by atoms with Gasteiger partial charge in [-0.05, 0) is 67.1 Å². The van der Waals surface area contributed by atoms with Crippen molar-refractivity contribution in [2.24, 2.45) is 5.92 Å². The second kappa shape index (κ2) is 10.2. The Morgan fingerprint density at radius 2 is 1.94 bits per heavy atom. The van der Waals surface area contributed by atoms with E-state index in [1.165, 1.54) is 4.90 Å². The Morgan fingerprint density at radius 1 is 1.21 bits per heavy atom. The Labute approximate surface area is 205 Å². The fourth-order valence-corrected chi connectivity index (χ4v) is 4.56. The van der Waals surface area contributed by atoms with E-state index in [1.807, 2.05) is 6.92 Å². The molecule has 2 aliphatic heterocycles. The van der Waals surface area contributed by atoms with Crippen LogP contribution in [0.1, 0.15) is 49.4 Å². The Kier molecular flexibility index (Phi) is 7.29. The van der Waals surface area contributed by atoms with E-state index in [9.17, 15) is 14.7 Å². The zero-order chi connectivity index (χ0) is 24.4. The number of hydrogen-bond donors (Lipinski definition) is 1. The first-order valence-corrected chi connectivity index (χ1v) is 12.0. The summed E-state index contributed by atoms with van der Waals surface area (Å²) in [5, 5.41) is 11.8. The normalized spacial score (nSPS) is 22.1. The van der Waals surface area contributed by atoms with Crippen LogP contribution in [-0.2, 0) is 14.3 Å². The third-order valence-electron chi connectivity index (χ3n) is 6.17. The number of Topliss-reactive ketones (excluding diaryl/α,β-unsaturated/α-hetero) is 1. The zero-order valence-electron chi connectivity index (χ0n) is 19.7. The number of ketones is 1. The third kappa shape index (κ3) is 4.98. The molecule has 0 aromatic heterocycles. The van der Waals surface area contributed by atoms with Crippen LogP contribution < -0.4 is 4.74 Å². The minimum Gasteiger partial charge on any atom is -0.507 e. The molecule has 0 saturated carbocycles. The van der Waals surface area contributed by atoms with E-state index in [2.05, 4.69) is 13.8 Å². The highest BCUT2D eigenvalue weighted by Gasteiger charge is 2.47. The summed E-state index contributed by atoms with van der Waals surface area (Å²) < 4.78 is 11.6. The average Bonchev–Trinajstić information content (AvgIpc) is 3.41. The summed E-state index contributed by atoms with van der Waals surface area (Å²) >= 11 is 6.08. The van der Waals surface area contributed by atoms with Crippen LogP contribution in [0.25, 0.3) is 5.76 Å². The molecule has 180 valence electrons. The maximum absolute atomic E-state index is 13.2. The maximum Gasteiger partial charge on any atom is 0.295 e. The number of likely N-dealkylation sites (tertiary alicyclic amines) is 1. The molecule has 2 saturated heterocycles. The van der Waals surface area contributed by atoms with E-state index in [0.29, 0.717) is 35.3 Å². The summed E-state index contributed by atoms with van der Waals surface area (Å²) in [6.07, 6.45) is 1.62. The van der Waals surface area contributed by atoms with E-state index in [0.717, 1.165) is 24.2 Å². The number of aryl methyl sites for hydroxylation is 1. The molecule has 0 radical (unpaired) electrons. The predicted molar refractivity (Wildman–Crippen MR) is 131 cm³/mol. The zero-order valence-corrected chi connectivity index (χ0v) is 20.5. The molecule has 4 rings (SSSR count). The smallest absolute Gasteiger partial charge is 0.295 e. The number of halogens is 1. The first-order valence-electron chi connectivity index (χ1n) is 11.7. The molecule has 7 heteroatoms. The second-order valence-corrected chi connectivity index (χ2v) is 9.76. The molecule has 2 heterocycles. The van der Waals surface area contributed by atoms with Gasteiger partial charge in [-0.25, -0.2) is 0 Å². The predicted octanol–water partition coefficient (Wildman–Crippen LogP) is 5.28. The molecular weight excluding hydrogens is 454 g/mol. The van der Waals surface area contributed by atoms with Crippen LogP contribution in [0.4, 0.5) is 0 Å². The fourth-order valence-electron chi connectivity index (χ4n) is 4.44. The number of ether oxygens (including phenoxy) is 2. The third-order valence-corrected chi connectivity index (χ3v) is 6.42. The van der Waals surface area contributed by atoms with Gasteiger partial charge in [-0.15, -0.1) is 0 Å². The van der Waals surface area contributed by atoms with Gasteiger partial charge in [-0.1, -0.05) is 37.6 Å². The minimum atomic E-state index is -0.723. The van der Waals surface area contributed by atoms with E-state index >= 15 is 0 Å². The number of hydrogen-bond acceptors (Lipinski definition) is 5. The van der Waals surface area contributed by atoms with E-state index < -0.39 is 17.7 Å². The summed E-state index contributed by atoms with van der Waals surface area (Å²) in [7, 11) is 0. The number of nitrogens with zero attached hydrogens (tertiary/aromatic N) is 1. The molecular formula is C27H30ClNO5. The van der Waals surface area contributed by atoms with Crippen LogP contribution in [-0.4, -0.2) is 47.6 Å². The van der Waals surface area contributed by atoms with Crippen LogP contribution in [0, 0.1) is 12.8 Å². The van der Waals surface area contributed by atoms with Gasteiger partial charge < -0.3 is 19.5 Å². The van der Waals surface area contributed by atoms with E-state index in [-0.39, 0.29) is 24.0 Å². The van der Waals surface area contributed by atoms with Crippen LogP contribution in [0.3, 0.4) is 0 Å². The molecule has 2 atom stereocenters. The summed E-state index contributed by atoms with van der Waals surface area (Å²) in [6, 6.07) is 11.5. The first kappa shape index (κ1) is 24.3. The molecule has 2 unspecified atom stereocenters. The number of benzene rings is 2. The highest BCUT2D eigenvalue weighted by molar-refractivity contribution is 6.46. The van der Waals surface area contributed by atoms with Gasteiger partial charge in [0.05, 0.1) is 24.3 Å². The van der Waals surface area contributed by atoms with Gasteiger partial charge in [-0.2, -0.15) is 0 Å². The lowest BCUT2D eigenvalue weighted by molar-refractivity contribution is -0.140. The number of carbonyl (C=O) groups excluding carboxylic acids is 2. The molecule has 1 amide bonds. The van der Waals surface area contributed by atoms with Crippen LogP contribution in [0.15, 0.2) is 48.0 Å². The van der Waals surface area contributed by atoms with Crippen molar-refractivity contribution < 1.29 is 24.2 Å². The Bertz CT molecular complexity index is 1100. The number of rotatable bonds is 7. The molecule has 34 heavy (non-hydrogen) atoms. The monoisotopic (exact) mass is 483 g/mol. The van der Waals surface area contributed by atoms with Gasteiger partial charge in [0.1, 0.15) is 11.5 Å². The quantitative estimate of drug-likeness (QED) is 0.329. The molecule has 2 aromatic carbocycles. The van der Waals surface area contributed by atoms with Crippen molar-refractivity contribution in [3.63, 3.8) is 0 Å². The molecule has 0 bridgehead atoms. The largest absolute Gasteiger partial charge is 0.507 e. The van der Waals surface area contributed by atoms with Crippen LogP contribution in [0.2, 0.25) is 5.02 Å². The molecule has 2 aromatic rings. The minimum absolute atomic E-state index is 0.0700. The van der Waals surface area contributed by atoms with Crippen molar-refractivity contribution in [1.82, 2.24) is 4.90 Å². The van der Waals surface area contributed by atoms with Crippen molar-refractivity contribution in [3.8, 4) is 5.75 Å². The highest BCUT2D eigenvalue weighted by atomic mass is 35.5. The SMILES string of the molecule is Cc1cc(/C(O)=C2/C(=O)C(=O)N(CC3CCCO3)C2c2ccc(Cl)cc2)ccc1OCC(C)C. The summed E-state index contributed by atoms with van der Waals surface area (Å²) in [5.74, 6) is -0.435. The van der Waals surface area contributed by atoms with Crippen molar-refractivity contribution in [2.45, 2.75) is 45.8 Å². The Morgan fingerprint density at radius 3 is 2.56 bits per heavy atom. The van der Waals surface area contributed by atoms with Crippen molar-refractivity contribution in [1.29, 1.82) is 0 Å². The van der Waals surface area contributed by atoms with Crippen LogP contribution >= 0.6 is 11.6 Å². The van der Waals surface area contributed by atoms with E-state index in [1.54, 1.807) is 42.5 Å². The molecule has 2 fully saturated rings.